The molecule has 1 unspecified atom stereocenters. The van der Waals surface area contributed by atoms with Gasteiger partial charge < -0.3 is 30.3 Å². The molecule has 0 bridgehead atoms. The number of carbonyl (C=O) groups excluding carboxylic acids is 2. The summed E-state index contributed by atoms with van der Waals surface area (Å²) in [6, 6.07) is 14.6. The van der Waals surface area contributed by atoms with Crippen LogP contribution < -0.4 is 10.6 Å². The van der Waals surface area contributed by atoms with Gasteiger partial charge in [-0.25, -0.2) is 9.59 Å². The predicted molar refractivity (Wildman–Crippen MR) is 124 cm³/mol. The van der Waals surface area contributed by atoms with Crippen molar-refractivity contribution < 1.29 is 34.1 Å². The van der Waals surface area contributed by atoms with Crippen LogP contribution >= 0.6 is 0 Å². The third kappa shape index (κ3) is 6.12. The number of hydrogen-bond donors (Lipinski definition) is 4. The van der Waals surface area contributed by atoms with Gasteiger partial charge in [-0.05, 0) is 36.1 Å². The summed E-state index contributed by atoms with van der Waals surface area (Å²) in [7, 11) is 0. The van der Waals surface area contributed by atoms with E-state index in [0.29, 0.717) is 6.61 Å². The van der Waals surface area contributed by atoms with Gasteiger partial charge in [0.1, 0.15) is 6.61 Å². The van der Waals surface area contributed by atoms with Gasteiger partial charge in [0.2, 0.25) is 5.91 Å². The highest BCUT2D eigenvalue weighted by Crippen LogP contribution is 2.44. The average Bonchev–Trinajstić information content (AvgIpc) is 3.13. The van der Waals surface area contributed by atoms with Crippen LogP contribution in [-0.4, -0.2) is 66.2 Å². The molecule has 182 valence electrons. The van der Waals surface area contributed by atoms with Crippen LogP contribution in [0.15, 0.2) is 48.5 Å². The van der Waals surface area contributed by atoms with E-state index in [1.54, 1.807) is 6.92 Å². The second-order valence-electron chi connectivity index (χ2n) is 8.11. The number of nitrogens with one attached hydrogen (secondary N) is 2. The summed E-state index contributed by atoms with van der Waals surface area (Å²) >= 11 is 0. The number of carboxylic acid groups (broad SMARTS) is 1. The number of hydrogen-bond acceptors (Lipinski definition) is 6. The number of carbonyl (C=O) groups is 3. The summed E-state index contributed by atoms with van der Waals surface area (Å²) < 4.78 is 11.0. The number of rotatable bonds is 11. The Labute approximate surface area is 198 Å². The quantitative estimate of drug-likeness (QED) is 0.396. The van der Waals surface area contributed by atoms with Gasteiger partial charge in [0.15, 0.2) is 6.04 Å². The van der Waals surface area contributed by atoms with Gasteiger partial charge in [-0.2, -0.15) is 0 Å². The molecule has 0 heterocycles. The molecule has 0 fully saturated rings. The highest BCUT2D eigenvalue weighted by molar-refractivity contribution is 5.84. The van der Waals surface area contributed by atoms with Crippen LogP contribution in [0.2, 0.25) is 0 Å². The number of fused-ring (bicyclic) bond motifs is 3. The second-order valence-corrected chi connectivity index (χ2v) is 8.11. The number of alkyl carbamates (subject to hydrolysis) is 1. The zero-order valence-electron chi connectivity index (χ0n) is 19.2. The molecule has 3 rings (SSSR count). The van der Waals surface area contributed by atoms with Crippen molar-refractivity contribution in [1.82, 2.24) is 10.6 Å². The first-order valence-corrected chi connectivity index (χ1v) is 11.2. The van der Waals surface area contributed by atoms with Gasteiger partial charge in [0.05, 0.1) is 18.6 Å². The van der Waals surface area contributed by atoms with Crippen molar-refractivity contribution in [2.24, 2.45) is 0 Å². The van der Waals surface area contributed by atoms with Crippen LogP contribution in [0.4, 0.5) is 4.79 Å². The number of aliphatic hydroxyl groups excluding tert-OH is 1. The lowest BCUT2D eigenvalue weighted by Crippen LogP contribution is -2.49. The van der Waals surface area contributed by atoms with Gasteiger partial charge in [0, 0.05) is 19.1 Å². The van der Waals surface area contributed by atoms with Gasteiger partial charge >= 0.3 is 12.1 Å². The molecule has 0 saturated heterocycles. The Morgan fingerprint density at radius 3 is 2.15 bits per heavy atom. The molecule has 0 radical (unpaired) electrons. The maximum atomic E-state index is 12.4. The number of amides is 2. The number of aliphatic hydroxyl groups is 1. The number of aliphatic carboxylic acids is 1. The molecule has 2 aromatic rings. The van der Waals surface area contributed by atoms with Crippen molar-refractivity contribution in [1.29, 1.82) is 0 Å². The summed E-state index contributed by atoms with van der Waals surface area (Å²) in [5.74, 6) is -2.02. The van der Waals surface area contributed by atoms with E-state index in [9.17, 15) is 19.5 Å². The Hall–Kier alpha value is -3.43. The minimum Gasteiger partial charge on any atom is -0.480 e. The molecule has 34 heavy (non-hydrogen) atoms. The van der Waals surface area contributed by atoms with Gasteiger partial charge in [0.25, 0.3) is 0 Å². The first kappa shape index (κ1) is 25.2. The van der Waals surface area contributed by atoms with Crippen molar-refractivity contribution in [2.45, 2.75) is 44.4 Å². The second kappa shape index (κ2) is 11.6. The van der Waals surface area contributed by atoms with Crippen molar-refractivity contribution in [3.63, 3.8) is 0 Å². The van der Waals surface area contributed by atoms with E-state index in [2.05, 4.69) is 22.8 Å². The van der Waals surface area contributed by atoms with Gasteiger partial charge in [-0.15, -0.1) is 0 Å². The van der Waals surface area contributed by atoms with Crippen molar-refractivity contribution in [3.05, 3.63) is 59.7 Å². The molecular weight excluding hydrogens is 440 g/mol. The lowest BCUT2D eigenvalue weighted by atomic mass is 9.98. The number of carboxylic acids is 1. The third-order valence-corrected chi connectivity index (χ3v) is 5.70. The molecule has 9 heteroatoms. The van der Waals surface area contributed by atoms with Crippen molar-refractivity contribution >= 4 is 18.0 Å². The van der Waals surface area contributed by atoms with Gasteiger partial charge in [-0.1, -0.05) is 48.5 Å². The average molecular weight is 471 g/mol. The molecule has 1 aliphatic rings. The summed E-state index contributed by atoms with van der Waals surface area (Å²) in [4.78, 5) is 35.7. The molecule has 2 amide bonds. The van der Waals surface area contributed by atoms with E-state index >= 15 is 0 Å². The highest BCUT2D eigenvalue weighted by atomic mass is 16.5. The lowest BCUT2D eigenvalue weighted by molar-refractivity contribution is -0.145. The Kier molecular flexibility index (Phi) is 8.61. The number of benzene rings is 2. The topological polar surface area (TPSA) is 134 Å². The smallest absolute Gasteiger partial charge is 0.407 e. The SMILES string of the molecule is CCOC(CNC(=O)OCC1c2ccccc2-c2ccccc21)CC(=O)N[C@H](C(=O)O)[C@@H](C)O. The monoisotopic (exact) mass is 470 g/mol. The highest BCUT2D eigenvalue weighted by Gasteiger charge is 2.29. The molecule has 0 aliphatic heterocycles. The van der Waals surface area contributed by atoms with Crippen LogP contribution in [0.3, 0.4) is 0 Å². The Bertz CT molecular complexity index is 978. The maximum Gasteiger partial charge on any atom is 0.407 e. The molecular formula is C25H30N2O7. The first-order chi connectivity index (χ1) is 16.3. The fourth-order valence-corrected chi connectivity index (χ4v) is 4.10. The summed E-state index contributed by atoms with van der Waals surface area (Å²) in [5.41, 5.74) is 4.47. The maximum absolute atomic E-state index is 12.4. The Morgan fingerprint density at radius 2 is 1.62 bits per heavy atom. The van der Waals surface area contributed by atoms with Crippen molar-refractivity contribution in [2.75, 3.05) is 19.8 Å². The van der Waals surface area contributed by atoms with Gasteiger partial charge in [-0.3, -0.25) is 4.79 Å². The molecule has 9 nitrogen and oxygen atoms in total. The van der Waals surface area contributed by atoms with Crippen molar-refractivity contribution in [3.8, 4) is 11.1 Å². The summed E-state index contributed by atoms with van der Waals surface area (Å²) in [6.45, 7) is 3.48. The van der Waals surface area contributed by atoms with E-state index in [0.717, 1.165) is 22.3 Å². The molecule has 3 atom stereocenters. The zero-order chi connectivity index (χ0) is 24.7. The molecule has 0 aromatic heterocycles. The normalized spacial score (nSPS) is 14.9. The fraction of sp³-hybridized carbons (Fsp3) is 0.400. The molecule has 1 aliphatic carbocycles. The largest absolute Gasteiger partial charge is 0.480 e. The van der Waals surface area contributed by atoms with E-state index in [1.807, 2.05) is 36.4 Å². The first-order valence-electron chi connectivity index (χ1n) is 11.2. The molecule has 2 aromatic carbocycles. The summed E-state index contributed by atoms with van der Waals surface area (Å²) in [5, 5.41) is 23.5. The van der Waals surface area contributed by atoms with E-state index < -0.39 is 36.2 Å². The minimum atomic E-state index is -1.43. The molecule has 0 spiro atoms. The van der Waals surface area contributed by atoms with Crippen LogP contribution in [0.25, 0.3) is 11.1 Å². The van der Waals surface area contributed by atoms with E-state index in [1.165, 1.54) is 6.92 Å². The Morgan fingerprint density at radius 1 is 1.03 bits per heavy atom. The molecule has 0 saturated carbocycles. The standard InChI is InChI=1S/C25H30N2O7/c1-3-33-16(12-22(29)27-23(15(2)28)24(30)31)13-26-25(32)34-14-21-19-10-6-4-8-17(19)18-9-5-7-11-20(18)21/h4-11,15-16,21,23,28H,3,12-14H2,1-2H3,(H,26,32)(H,27,29)(H,30,31)/t15-,16?,23+/m1/s1. The minimum absolute atomic E-state index is 0.00432. The van der Waals surface area contributed by atoms with Crippen LogP contribution in [0.5, 0.6) is 0 Å². The Balaban J connectivity index is 1.53. The third-order valence-electron chi connectivity index (χ3n) is 5.70. The zero-order valence-corrected chi connectivity index (χ0v) is 19.2. The lowest BCUT2D eigenvalue weighted by Gasteiger charge is -2.21. The van der Waals surface area contributed by atoms with E-state index in [4.69, 9.17) is 14.6 Å². The number of ether oxygens (including phenoxy) is 2. The van der Waals surface area contributed by atoms with E-state index in [-0.39, 0.29) is 25.5 Å². The van der Waals surface area contributed by atoms with Crippen LogP contribution in [-0.2, 0) is 19.1 Å². The van der Waals surface area contributed by atoms with Crippen LogP contribution in [0, 0.1) is 0 Å². The summed E-state index contributed by atoms with van der Waals surface area (Å²) in [6.07, 6.45) is -2.77. The predicted octanol–water partition coefficient (Wildman–Crippen LogP) is 2.27. The van der Waals surface area contributed by atoms with Crippen LogP contribution in [0.1, 0.15) is 37.3 Å². The molecule has 4 N–H and O–H groups in total. The fourth-order valence-electron chi connectivity index (χ4n) is 4.10.